The predicted octanol–water partition coefficient (Wildman–Crippen LogP) is 5.76. The van der Waals surface area contributed by atoms with Crippen molar-refractivity contribution >= 4 is 27.5 Å². The molecule has 0 heterocycles. The maximum absolute atomic E-state index is 14.3. The van der Waals surface area contributed by atoms with Gasteiger partial charge in [-0.2, -0.15) is 0 Å². The van der Waals surface area contributed by atoms with Crippen molar-refractivity contribution in [2.45, 2.75) is 82.8 Å². The zero-order valence-corrected chi connectivity index (χ0v) is 26.4. The number of carbonyl (C=O) groups is 2. The molecule has 3 aromatic rings. The average molecular weight is 606 g/mol. The van der Waals surface area contributed by atoms with E-state index in [9.17, 15) is 18.0 Å². The van der Waals surface area contributed by atoms with Crippen LogP contribution < -0.4 is 14.4 Å². The first-order chi connectivity index (χ1) is 20.6. The first-order valence-corrected chi connectivity index (χ1v) is 16.5. The highest BCUT2D eigenvalue weighted by Gasteiger charge is 2.34. The van der Waals surface area contributed by atoms with Crippen LogP contribution in [0.4, 0.5) is 5.69 Å². The minimum Gasteiger partial charge on any atom is -0.497 e. The number of nitrogens with zero attached hydrogens (tertiary/aromatic N) is 2. The number of amides is 2. The molecule has 0 spiro atoms. The Morgan fingerprint density at radius 1 is 0.930 bits per heavy atom. The van der Waals surface area contributed by atoms with E-state index in [1.54, 1.807) is 29.2 Å². The molecule has 4 rings (SSSR count). The van der Waals surface area contributed by atoms with Crippen molar-refractivity contribution in [1.82, 2.24) is 10.2 Å². The maximum Gasteiger partial charge on any atom is 0.264 e. The molecule has 0 radical (unpaired) electrons. The second-order valence-corrected chi connectivity index (χ2v) is 13.1. The van der Waals surface area contributed by atoms with Crippen LogP contribution in [0.15, 0.2) is 77.7 Å². The van der Waals surface area contributed by atoms with Crippen LogP contribution in [-0.4, -0.2) is 50.9 Å². The molecule has 2 amide bonds. The van der Waals surface area contributed by atoms with Crippen molar-refractivity contribution in [1.29, 1.82) is 0 Å². The van der Waals surface area contributed by atoms with Gasteiger partial charge in [0.05, 0.1) is 17.7 Å². The second-order valence-electron chi connectivity index (χ2n) is 11.2. The third-order valence-corrected chi connectivity index (χ3v) is 9.98. The van der Waals surface area contributed by atoms with Gasteiger partial charge in [0.1, 0.15) is 18.3 Å². The monoisotopic (exact) mass is 605 g/mol. The van der Waals surface area contributed by atoms with Crippen molar-refractivity contribution in [3.63, 3.8) is 0 Å². The fourth-order valence-electron chi connectivity index (χ4n) is 5.55. The number of nitrogens with one attached hydrogen (secondary N) is 1. The fraction of sp³-hybridized carbons (Fsp3) is 0.412. The Hall–Kier alpha value is -3.85. The van der Waals surface area contributed by atoms with Crippen molar-refractivity contribution < 1.29 is 22.7 Å². The van der Waals surface area contributed by atoms with Crippen molar-refractivity contribution in [2.24, 2.45) is 0 Å². The van der Waals surface area contributed by atoms with E-state index in [2.05, 4.69) is 5.32 Å². The molecule has 0 unspecified atom stereocenters. The molecule has 9 heteroatoms. The van der Waals surface area contributed by atoms with Gasteiger partial charge in [-0.05, 0) is 80.6 Å². The number of methoxy groups -OCH3 is 1. The molecule has 0 saturated heterocycles. The summed E-state index contributed by atoms with van der Waals surface area (Å²) in [6.07, 6.45) is 5.56. The normalized spacial score (nSPS) is 14.5. The van der Waals surface area contributed by atoms with Gasteiger partial charge in [-0.1, -0.05) is 68.1 Å². The number of sulfonamides is 1. The summed E-state index contributed by atoms with van der Waals surface area (Å²) in [7, 11) is -2.63. The van der Waals surface area contributed by atoms with E-state index < -0.39 is 28.5 Å². The van der Waals surface area contributed by atoms with E-state index >= 15 is 0 Å². The molecule has 1 aliphatic carbocycles. The molecule has 0 aliphatic heterocycles. The van der Waals surface area contributed by atoms with Gasteiger partial charge in [0.2, 0.25) is 11.8 Å². The largest absolute Gasteiger partial charge is 0.497 e. The fourth-order valence-corrected chi connectivity index (χ4v) is 6.96. The molecule has 230 valence electrons. The molecule has 3 aromatic carbocycles. The van der Waals surface area contributed by atoms with Gasteiger partial charge in [0.25, 0.3) is 10.0 Å². The SMILES string of the molecule is CC[C@@H](C(=O)NC1CCCCC1)N(Cc1ccccc1C)C(=O)CN(c1ccc(C)cc1)S(=O)(=O)c1ccc(OC)cc1. The second kappa shape index (κ2) is 14.6. The van der Waals surface area contributed by atoms with Crippen LogP contribution >= 0.6 is 0 Å². The highest BCUT2D eigenvalue weighted by Crippen LogP contribution is 2.27. The van der Waals surface area contributed by atoms with Crippen LogP contribution in [0.5, 0.6) is 5.75 Å². The van der Waals surface area contributed by atoms with Gasteiger partial charge in [0, 0.05) is 12.6 Å². The molecule has 1 saturated carbocycles. The molecule has 1 aliphatic rings. The van der Waals surface area contributed by atoms with Gasteiger partial charge < -0.3 is 15.0 Å². The molecule has 0 bridgehead atoms. The Labute approximate surface area is 256 Å². The zero-order valence-electron chi connectivity index (χ0n) is 25.6. The van der Waals surface area contributed by atoms with E-state index in [0.29, 0.717) is 17.9 Å². The Kier molecular flexibility index (Phi) is 10.9. The number of carbonyl (C=O) groups excluding carboxylic acids is 2. The minimum absolute atomic E-state index is 0.0363. The van der Waals surface area contributed by atoms with Crippen LogP contribution in [0.2, 0.25) is 0 Å². The van der Waals surface area contributed by atoms with E-state index in [0.717, 1.165) is 46.7 Å². The lowest BCUT2D eigenvalue weighted by Crippen LogP contribution is -2.54. The summed E-state index contributed by atoms with van der Waals surface area (Å²) in [6.45, 7) is 5.49. The number of hydrogen-bond donors (Lipinski definition) is 1. The molecule has 1 fully saturated rings. The van der Waals surface area contributed by atoms with E-state index in [-0.39, 0.29) is 23.4 Å². The van der Waals surface area contributed by atoms with Crippen LogP contribution in [0.3, 0.4) is 0 Å². The number of benzene rings is 3. The number of aryl methyl sites for hydroxylation is 2. The van der Waals surface area contributed by atoms with Crippen LogP contribution in [-0.2, 0) is 26.2 Å². The van der Waals surface area contributed by atoms with Crippen LogP contribution in [0.1, 0.15) is 62.1 Å². The molecule has 1 N–H and O–H groups in total. The summed E-state index contributed by atoms with van der Waals surface area (Å²) in [5.41, 5.74) is 3.22. The zero-order chi connectivity index (χ0) is 31.0. The molecule has 8 nitrogen and oxygen atoms in total. The topological polar surface area (TPSA) is 96.0 Å². The highest BCUT2D eigenvalue weighted by atomic mass is 32.2. The molecular weight excluding hydrogens is 562 g/mol. The standard InChI is InChI=1S/C34H43N3O5S/c1-5-32(34(39)35-28-13-7-6-8-14-28)36(23-27-12-10-9-11-26(27)3)33(38)24-37(29-17-15-25(2)16-18-29)43(40,41)31-21-19-30(42-4)20-22-31/h9-12,15-22,28,32H,5-8,13-14,23-24H2,1-4H3,(H,35,39)/t32-/m0/s1. The lowest BCUT2D eigenvalue weighted by Gasteiger charge is -2.34. The molecular formula is C34H43N3O5S. The lowest BCUT2D eigenvalue weighted by molar-refractivity contribution is -0.140. The van der Waals surface area contributed by atoms with Gasteiger partial charge in [-0.3, -0.25) is 13.9 Å². The summed E-state index contributed by atoms with van der Waals surface area (Å²) >= 11 is 0. The predicted molar refractivity (Wildman–Crippen MR) is 170 cm³/mol. The van der Waals surface area contributed by atoms with Crippen LogP contribution in [0.25, 0.3) is 0 Å². The smallest absolute Gasteiger partial charge is 0.264 e. The van der Waals surface area contributed by atoms with Crippen molar-refractivity contribution in [3.8, 4) is 5.75 Å². The Morgan fingerprint density at radius 2 is 1.58 bits per heavy atom. The maximum atomic E-state index is 14.3. The summed E-state index contributed by atoms with van der Waals surface area (Å²) in [5.74, 6) is -0.126. The van der Waals surface area contributed by atoms with Crippen LogP contribution in [0, 0.1) is 13.8 Å². The number of anilines is 1. The first kappa shape index (κ1) is 32.1. The quantitative estimate of drug-likeness (QED) is 0.283. The third kappa shape index (κ3) is 7.96. The van der Waals surface area contributed by atoms with Crippen molar-refractivity contribution in [2.75, 3.05) is 18.0 Å². The number of hydrogen-bond acceptors (Lipinski definition) is 5. The molecule has 1 atom stereocenters. The minimum atomic E-state index is -4.15. The van der Waals surface area contributed by atoms with Crippen molar-refractivity contribution in [3.05, 3.63) is 89.5 Å². The Bertz CT molecular complexity index is 1480. The first-order valence-electron chi connectivity index (χ1n) is 15.0. The van der Waals surface area contributed by atoms with E-state index in [4.69, 9.17) is 4.74 Å². The van der Waals surface area contributed by atoms with E-state index in [1.807, 2.05) is 57.2 Å². The summed E-state index contributed by atoms with van der Waals surface area (Å²) < 4.78 is 34.5. The van der Waals surface area contributed by atoms with Gasteiger partial charge >= 0.3 is 0 Å². The van der Waals surface area contributed by atoms with E-state index in [1.165, 1.54) is 25.7 Å². The summed E-state index contributed by atoms with van der Waals surface area (Å²) in [4.78, 5) is 29.6. The Morgan fingerprint density at radius 3 is 2.19 bits per heavy atom. The van der Waals surface area contributed by atoms with Gasteiger partial charge in [0.15, 0.2) is 0 Å². The number of rotatable bonds is 12. The summed E-state index contributed by atoms with van der Waals surface area (Å²) in [6, 6.07) is 20.2. The molecule has 0 aromatic heterocycles. The van der Waals surface area contributed by atoms with Gasteiger partial charge in [-0.25, -0.2) is 8.42 Å². The average Bonchev–Trinajstić information content (AvgIpc) is 3.01. The molecule has 43 heavy (non-hydrogen) atoms. The lowest BCUT2D eigenvalue weighted by atomic mass is 9.95. The Balaban J connectivity index is 1.71. The third-order valence-electron chi connectivity index (χ3n) is 8.19. The highest BCUT2D eigenvalue weighted by molar-refractivity contribution is 7.92. The van der Waals surface area contributed by atoms with Gasteiger partial charge in [-0.15, -0.1) is 0 Å². The number of ether oxygens (including phenoxy) is 1. The summed E-state index contributed by atoms with van der Waals surface area (Å²) in [5, 5.41) is 3.19.